The van der Waals surface area contributed by atoms with E-state index >= 15 is 0 Å². The molecule has 0 saturated heterocycles. The van der Waals surface area contributed by atoms with Gasteiger partial charge in [-0.1, -0.05) is 73.5 Å². The quantitative estimate of drug-likeness (QED) is 0.466. The van der Waals surface area contributed by atoms with Crippen LogP contribution in [0, 0.1) is 0 Å². The molecule has 0 amide bonds. The molecule has 0 atom stereocenters. The number of allylic oxidation sites excluding steroid dienone is 1. The topological polar surface area (TPSA) is 55.1 Å². The lowest BCUT2D eigenvalue weighted by atomic mass is 10.0. The third-order valence-electron chi connectivity index (χ3n) is 4.84. The van der Waals surface area contributed by atoms with Gasteiger partial charge in [0, 0.05) is 17.5 Å². The summed E-state index contributed by atoms with van der Waals surface area (Å²) in [5.74, 6) is -0.0114. The molecular formula is C24H25ClN2O2. The predicted octanol–water partition coefficient (Wildman–Crippen LogP) is 5.64. The summed E-state index contributed by atoms with van der Waals surface area (Å²) in [6, 6.07) is 17.6. The molecule has 1 heterocycles. The number of hydrogen-bond acceptors (Lipinski definition) is 2. The Morgan fingerprint density at radius 3 is 2.55 bits per heavy atom. The minimum Gasteiger partial charge on any atom is -0.478 e. The Morgan fingerprint density at radius 2 is 1.86 bits per heavy atom. The van der Waals surface area contributed by atoms with Gasteiger partial charge in [-0.05, 0) is 35.6 Å². The van der Waals surface area contributed by atoms with Crippen molar-refractivity contribution in [2.75, 3.05) is 0 Å². The van der Waals surface area contributed by atoms with Gasteiger partial charge in [-0.15, -0.1) is 0 Å². The Labute approximate surface area is 176 Å². The van der Waals surface area contributed by atoms with Gasteiger partial charge in [-0.3, -0.25) is 0 Å². The van der Waals surface area contributed by atoms with Crippen molar-refractivity contribution >= 4 is 23.1 Å². The molecule has 0 aliphatic heterocycles. The highest BCUT2D eigenvalue weighted by Gasteiger charge is 2.16. The van der Waals surface area contributed by atoms with E-state index in [-0.39, 0.29) is 0 Å². The number of imidazole rings is 1. The first-order valence-corrected chi connectivity index (χ1v) is 10.2. The van der Waals surface area contributed by atoms with Gasteiger partial charge in [0.15, 0.2) is 0 Å². The van der Waals surface area contributed by atoms with Crippen LogP contribution in [0.15, 0.2) is 66.9 Å². The predicted molar refractivity (Wildman–Crippen MR) is 117 cm³/mol. The van der Waals surface area contributed by atoms with Crippen molar-refractivity contribution in [3.05, 3.63) is 94.5 Å². The fourth-order valence-electron chi connectivity index (χ4n) is 3.36. The Morgan fingerprint density at radius 1 is 1.14 bits per heavy atom. The summed E-state index contributed by atoms with van der Waals surface area (Å²) >= 11 is 6.40. The van der Waals surface area contributed by atoms with Crippen molar-refractivity contribution in [2.45, 2.75) is 39.2 Å². The van der Waals surface area contributed by atoms with Gasteiger partial charge in [-0.25, -0.2) is 9.78 Å². The van der Waals surface area contributed by atoms with Crippen LogP contribution >= 0.6 is 11.6 Å². The molecule has 5 heteroatoms. The molecule has 4 nitrogen and oxygen atoms in total. The van der Waals surface area contributed by atoms with E-state index in [4.69, 9.17) is 11.6 Å². The molecule has 0 unspecified atom stereocenters. The van der Waals surface area contributed by atoms with Crippen LogP contribution in [-0.2, 0) is 24.2 Å². The number of carbonyl (C=O) groups is 1. The third kappa shape index (κ3) is 5.58. The van der Waals surface area contributed by atoms with E-state index in [0.29, 0.717) is 18.0 Å². The van der Waals surface area contributed by atoms with Gasteiger partial charge in [0.2, 0.25) is 0 Å². The first-order valence-electron chi connectivity index (χ1n) is 9.84. The molecule has 0 saturated carbocycles. The van der Waals surface area contributed by atoms with Crippen molar-refractivity contribution in [1.29, 1.82) is 0 Å². The van der Waals surface area contributed by atoms with Crippen LogP contribution in [0.25, 0.3) is 5.57 Å². The largest absolute Gasteiger partial charge is 0.478 e. The summed E-state index contributed by atoms with van der Waals surface area (Å²) in [6.07, 6.45) is 6.53. The first kappa shape index (κ1) is 20.9. The number of unbranched alkanes of at least 4 members (excludes halogenated alkanes) is 1. The van der Waals surface area contributed by atoms with Crippen molar-refractivity contribution in [3.8, 4) is 0 Å². The zero-order valence-corrected chi connectivity index (χ0v) is 17.3. The molecule has 0 aliphatic rings. The highest BCUT2D eigenvalue weighted by Crippen LogP contribution is 2.25. The van der Waals surface area contributed by atoms with E-state index in [2.05, 4.69) is 16.5 Å². The van der Waals surface area contributed by atoms with E-state index in [1.54, 1.807) is 6.20 Å². The summed E-state index contributed by atoms with van der Waals surface area (Å²) in [7, 11) is 0. The second-order valence-electron chi connectivity index (χ2n) is 7.01. The maximum atomic E-state index is 11.5. The van der Waals surface area contributed by atoms with Crippen molar-refractivity contribution in [2.24, 2.45) is 0 Å². The maximum Gasteiger partial charge on any atom is 0.328 e. The summed E-state index contributed by atoms with van der Waals surface area (Å²) in [5.41, 5.74) is 3.59. The molecule has 3 rings (SSSR count). The Balaban J connectivity index is 2.04. The molecule has 0 radical (unpaired) electrons. The number of rotatable bonds is 9. The standard InChI is InChI=1S/C24H25ClN2O2/c1-2-3-13-23-26-16-22(27(23)17-19-11-7-8-12-21(19)25)20(15-24(28)29)14-18-9-5-4-6-10-18/h4-12,15-16H,2-3,13-14,17H2,1H3,(H,28,29)/b20-15-. The van der Waals surface area contributed by atoms with Crippen LogP contribution in [0.1, 0.15) is 42.4 Å². The molecule has 1 N–H and O–H groups in total. The smallest absolute Gasteiger partial charge is 0.328 e. The lowest BCUT2D eigenvalue weighted by Crippen LogP contribution is -2.10. The minimum atomic E-state index is -0.962. The van der Waals surface area contributed by atoms with E-state index in [9.17, 15) is 9.90 Å². The zero-order chi connectivity index (χ0) is 20.6. The van der Waals surface area contributed by atoms with Gasteiger partial charge >= 0.3 is 5.97 Å². The number of aliphatic carboxylic acids is 1. The summed E-state index contributed by atoms with van der Waals surface area (Å²) in [5, 5.41) is 10.2. The molecule has 0 bridgehead atoms. The van der Waals surface area contributed by atoms with Gasteiger partial charge < -0.3 is 9.67 Å². The van der Waals surface area contributed by atoms with Gasteiger partial charge in [0.1, 0.15) is 5.82 Å². The summed E-state index contributed by atoms with van der Waals surface area (Å²) < 4.78 is 2.11. The zero-order valence-electron chi connectivity index (χ0n) is 16.5. The number of hydrogen-bond donors (Lipinski definition) is 1. The number of nitrogens with zero attached hydrogens (tertiary/aromatic N) is 2. The van der Waals surface area contributed by atoms with Crippen molar-refractivity contribution in [3.63, 3.8) is 0 Å². The van der Waals surface area contributed by atoms with Gasteiger partial charge in [0.25, 0.3) is 0 Å². The Bertz CT molecular complexity index is 993. The molecule has 1 aromatic heterocycles. The normalized spacial score (nSPS) is 11.6. The van der Waals surface area contributed by atoms with Crippen LogP contribution in [0.5, 0.6) is 0 Å². The number of halogens is 1. The molecule has 3 aromatic rings. The molecule has 2 aromatic carbocycles. The lowest BCUT2D eigenvalue weighted by Gasteiger charge is -2.15. The van der Waals surface area contributed by atoms with Crippen LogP contribution < -0.4 is 0 Å². The molecule has 0 fully saturated rings. The molecule has 150 valence electrons. The van der Waals surface area contributed by atoms with E-state index in [0.717, 1.165) is 47.5 Å². The van der Waals surface area contributed by atoms with Crippen LogP contribution in [0.2, 0.25) is 5.02 Å². The van der Waals surface area contributed by atoms with E-state index in [1.807, 2.05) is 54.6 Å². The van der Waals surface area contributed by atoms with Crippen LogP contribution in [0.3, 0.4) is 0 Å². The monoisotopic (exact) mass is 408 g/mol. The number of aromatic nitrogens is 2. The fourth-order valence-corrected chi connectivity index (χ4v) is 3.55. The maximum absolute atomic E-state index is 11.5. The van der Waals surface area contributed by atoms with Crippen molar-refractivity contribution in [1.82, 2.24) is 9.55 Å². The Hall–Kier alpha value is -2.85. The lowest BCUT2D eigenvalue weighted by molar-refractivity contribution is -0.131. The second-order valence-corrected chi connectivity index (χ2v) is 7.42. The van der Waals surface area contributed by atoms with E-state index in [1.165, 1.54) is 6.08 Å². The number of carboxylic acids is 1. The number of aryl methyl sites for hydroxylation is 1. The minimum absolute atomic E-state index is 0.522. The highest BCUT2D eigenvalue weighted by molar-refractivity contribution is 6.31. The number of carboxylic acid groups (broad SMARTS) is 1. The first-order chi connectivity index (χ1) is 14.1. The fraction of sp³-hybridized carbons (Fsp3) is 0.250. The SMILES string of the molecule is CCCCc1ncc(/C(=C\C(=O)O)Cc2ccccc2)n1Cc1ccccc1Cl. The molecule has 0 spiro atoms. The summed E-state index contributed by atoms with van der Waals surface area (Å²) in [6.45, 7) is 2.70. The van der Waals surface area contributed by atoms with Gasteiger partial charge in [0.05, 0.1) is 18.4 Å². The average Bonchev–Trinajstić information content (AvgIpc) is 3.10. The van der Waals surface area contributed by atoms with Crippen LogP contribution in [0.4, 0.5) is 0 Å². The summed E-state index contributed by atoms with van der Waals surface area (Å²) in [4.78, 5) is 16.2. The van der Waals surface area contributed by atoms with Crippen LogP contribution in [-0.4, -0.2) is 20.6 Å². The Kier molecular flexibility index (Phi) is 7.25. The molecule has 0 aliphatic carbocycles. The molecular weight excluding hydrogens is 384 g/mol. The van der Waals surface area contributed by atoms with Gasteiger partial charge in [-0.2, -0.15) is 0 Å². The number of benzene rings is 2. The van der Waals surface area contributed by atoms with E-state index < -0.39 is 5.97 Å². The highest BCUT2D eigenvalue weighted by atomic mass is 35.5. The molecule has 29 heavy (non-hydrogen) atoms. The third-order valence-corrected chi connectivity index (χ3v) is 5.21. The van der Waals surface area contributed by atoms with Crippen molar-refractivity contribution < 1.29 is 9.90 Å². The second kappa shape index (κ2) is 10.1. The average molecular weight is 409 g/mol.